The maximum absolute atomic E-state index is 11.0. The number of aryl methyl sites for hydroxylation is 1. The van der Waals surface area contributed by atoms with Gasteiger partial charge in [-0.1, -0.05) is 17.4 Å². The van der Waals surface area contributed by atoms with Gasteiger partial charge in [0.1, 0.15) is 4.88 Å². The van der Waals surface area contributed by atoms with Crippen LogP contribution < -0.4 is 4.90 Å². The molecule has 0 unspecified atom stereocenters. The predicted octanol–water partition coefficient (Wildman–Crippen LogP) is 2.79. The van der Waals surface area contributed by atoms with Crippen LogP contribution >= 0.6 is 11.3 Å². The van der Waals surface area contributed by atoms with Crippen molar-refractivity contribution < 1.29 is 9.90 Å². The first kappa shape index (κ1) is 13.1. The number of nitriles is 1. The van der Waals surface area contributed by atoms with Gasteiger partial charge >= 0.3 is 5.97 Å². The fourth-order valence-corrected chi connectivity index (χ4v) is 2.51. The predicted molar refractivity (Wildman–Crippen MR) is 73.0 cm³/mol. The van der Waals surface area contributed by atoms with Gasteiger partial charge in [-0.05, 0) is 25.1 Å². The lowest BCUT2D eigenvalue weighted by Gasteiger charge is -2.15. The zero-order valence-corrected chi connectivity index (χ0v) is 11.2. The number of hydrogen-bond acceptors (Lipinski definition) is 5. The molecule has 0 fully saturated rings. The minimum Gasteiger partial charge on any atom is -0.477 e. The van der Waals surface area contributed by atoms with E-state index in [0.717, 1.165) is 17.0 Å². The molecule has 0 aliphatic heterocycles. The first-order valence-electron chi connectivity index (χ1n) is 5.47. The van der Waals surface area contributed by atoms with Crippen molar-refractivity contribution in [3.63, 3.8) is 0 Å². The summed E-state index contributed by atoms with van der Waals surface area (Å²) < 4.78 is 0. The maximum Gasteiger partial charge on any atom is 0.347 e. The number of carboxylic acid groups (broad SMARTS) is 1. The second-order valence-electron chi connectivity index (χ2n) is 3.94. The zero-order valence-electron chi connectivity index (χ0n) is 10.4. The van der Waals surface area contributed by atoms with E-state index in [2.05, 4.69) is 11.1 Å². The highest BCUT2D eigenvalue weighted by atomic mass is 32.1. The van der Waals surface area contributed by atoms with E-state index in [1.54, 1.807) is 37.1 Å². The highest BCUT2D eigenvalue weighted by Crippen LogP contribution is 2.30. The Bertz CT molecular complexity index is 673. The van der Waals surface area contributed by atoms with Crippen molar-refractivity contribution in [1.82, 2.24) is 4.98 Å². The molecule has 5 nitrogen and oxygen atoms in total. The Kier molecular flexibility index (Phi) is 3.49. The van der Waals surface area contributed by atoms with Crippen molar-refractivity contribution in [2.45, 2.75) is 6.92 Å². The number of aromatic nitrogens is 1. The molecular weight excluding hydrogens is 262 g/mol. The Hall–Kier alpha value is -2.39. The van der Waals surface area contributed by atoms with Crippen LogP contribution in [0.4, 0.5) is 10.8 Å². The third-order valence-corrected chi connectivity index (χ3v) is 3.85. The van der Waals surface area contributed by atoms with E-state index >= 15 is 0 Å². The quantitative estimate of drug-likeness (QED) is 0.930. The van der Waals surface area contributed by atoms with E-state index in [9.17, 15) is 4.79 Å². The number of aromatic carboxylic acids is 1. The van der Waals surface area contributed by atoms with E-state index in [4.69, 9.17) is 10.4 Å². The molecule has 0 atom stereocenters. The van der Waals surface area contributed by atoms with Gasteiger partial charge in [-0.15, -0.1) is 0 Å². The van der Waals surface area contributed by atoms with Crippen molar-refractivity contribution >= 4 is 28.1 Å². The monoisotopic (exact) mass is 273 g/mol. The lowest BCUT2D eigenvalue weighted by atomic mass is 10.2. The van der Waals surface area contributed by atoms with E-state index in [1.165, 1.54) is 0 Å². The molecule has 0 saturated carbocycles. The van der Waals surface area contributed by atoms with Crippen molar-refractivity contribution in [2.24, 2.45) is 0 Å². The average Bonchev–Trinajstić information content (AvgIpc) is 2.80. The Labute approximate surface area is 114 Å². The molecule has 0 spiro atoms. The molecule has 1 aromatic carbocycles. The highest BCUT2D eigenvalue weighted by molar-refractivity contribution is 7.17. The zero-order chi connectivity index (χ0) is 14.0. The van der Waals surface area contributed by atoms with Gasteiger partial charge in [0, 0.05) is 12.7 Å². The summed E-state index contributed by atoms with van der Waals surface area (Å²) in [4.78, 5) is 17.3. The van der Waals surface area contributed by atoms with Crippen LogP contribution in [0, 0.1) is 18.3 Å². The van der Waals surface area contributed by atoms with Gasteiger partial charge in [-0.25, -0.2) is 9.78 Å². The number of carbonyl (C=O) groups is 1. The number of nitrogens with zero attached hydrogens (tertiary/aromatic N) is 3. The molecule has 0 aliphatic rings. The van der Waals surface area contributed by atoms with E-state index in [0.29, 0.717) is 16.4 Å². The lowest BCUT2D eigenvalue weighted by molar-refractivity contribution is 0.0701. The largest absolute Gasteiger partial charge is 0.477 e. The first-order valence-corrected chi connectivity index (χ1v) is 6.29. The van der Waals surface area contributed by atoms with Crippen LogP contribution in [0.3, 0.4) is 0 Å². The summed E-state index contributed by atoms with van der Waals surface area (Å²) in [7, 11) is 1.79. The van der Waals surface area contributed by atoms with Crippen LogP contribution in [0.1, 0.15) is 20.9 Å². The molecular formula is C13H11N3O2S. The Morgan fingerprint density at radius 3 is 2.84 bits per heavy atom. The summed E-state index contributed by atoms with van der Waals surface area (Å²) in [5, 5.41) is 18.5. The van der Waals surface area contributed by atoms with Crippen LogP contribution in [0.2, 0.25) is 0 Å². The third-order valence-electron chi connectivity index (χ3n) is 2.63. The van der Waals surface area contributed by atoms with Gasteiger partial charge < -0.3 is 10.0 Å². The maximum atomic E-state index is 11.0. The number of carboxylic acids is 1. The van der Waals surface area contributed by atoms with Crippen molar-refractivity contribution in [3.8, 4) is 6.07 Å². The molecule has 0 saturated heterocycles. The average molecular weight is 273 g/mol. The molecule has 1 N–H and O–H groups in total. The molecule has 2 rings (SSSR count). The summed E-state index contributed by atoms with van der Waals surface area (Å²) in [6.45, 7) is 1.67. The molecule has 0 bridgehead atoms. The molecule has 0 radical (unpaired) electrons. The minimum absolute atomic E-state index is 0.235. The van der Waals surface area contributed by atoms with Crippen LogP contribution in [-0.4, -0.2) is 23.1 Å². The highest BCUT2D eigenvalue weighted by Gasteiger charge is 2.17. The first-order chi connectivity index (χ1) is 9.02. The molecule has 6 heteroatoms. The van der Waals surface area contributed by atoms with Gasteiger partial charge in [-0.3, -0.25) is 0 Å². The molecule has 96 valence electrons. The normalized spacial score (nSPS) is 9.95. The number of benzene rings is 1. The lowest BCUT2D eigenvalue weighted by Crippen LogP contribution is -2.09. The van der Waals surface area contributed by atoms with Crippen LogP contribution in [0.25, 0.3) is 0 Å². The Balaban J connectivity index is 2.38. The van der Waals surface area contributed by atoms with Crippen molar-refractivity contribution in [1.29, 1.82) is 5.26 Å². The van der Waals surface area contributed by atoms with E-state index in [1.807, 2.05) is 6.07 Å². The number of hydrogen-bond donors (Lipinski definition) is 1. The smallest absolute Gasteiger partial charge is 0.347 e. The molecule has 0 amide bonds. The Morgan fingerprint density at radius 1 is 1.53 bits per heavy atom. The van der Waals surface area contributed by atoms with Crippen LogP contribution in [-0.2, 0) is 0 Å². The summed E-state index contributed by atoms with van der Waals surface area (Å²) in [6.07, 6.45) is 0. The summed E-state index contributed by atoms with van der Waals surface area (Å²) in [6, 6.07) is 9.15. The standard InChI is InChI=1S/C13H11N3O2S/c1-8-11(12(17)18)19-13(15-8)16(2)10-5-3-4-9(6-10)7-14/h3-6H,1-2H3,(H,17,18). The summed E-state index contributed by atoms with van der Waals surface area (Å²) in [5.74, 6) is -0.972. The number of thiazole rings is 1. The molecule has 2 aromatic rings. The fraction of sp³-hybridized carbons (Fsp3) is 0.154. The molecule has 0 aliphatic carbocycles. The third kappa shape index (κ3) is 2.56. The van der Waals surface area contributed by atoms with Gasteiger partial charge in [0.2, 0.25) is 0 Å². The Morgan fingerprint density at radius 2 is 2.26 bits per heavy atom. The second-order valence-corrected chi connectivity index (χ2v) is 4.91. The van der Waals surface area contributed by atoms with Crippen LogP contribution in [0.5, 0.6) is 0 Å². The minimum atomic E-state index is -0.972. The summed E-state index contributed by atoms with van der Waals surface area (Å²) >= 11 is 1.12. The van der Waals surface area contributed by atoms with Crippen molar-refractivity contribution in [2.75, 3.05) is 11.9 Å². The van der Waals surface area contributed by atoms with Gasteiger partial charge in [0.15, 0.2) is 5.13 Å². The molecule has 1 aromatic heterocycles. The topological polar surface area (TPSA) is 77.2 Å². The van der Waals surface area contributed by atoms with Gasteiger partial charge in [0.25, 0.3) is 0 Å². The van der Waals surface area contributed by atoms with Crippen molar-refractivity contribution in [3.05, 3.63) is 40.4 Å². The fourth-order valence-electron chi connectivity index (χ4n) is 1.62. The molecule has 1 heterocycles. The van der Waals surface area contributed by atoms with E-state index in [-0.39, 0.29) is 4.88 Å². The number of anilines is 2. The summed E-state index contributed by atoms with van der Waals surface area (Å²) in [5.41, 5.74) is 1.84. The SMILES string of the molecule is Cc1nc(N(C)c2cccc(C#N)c2)sc1C(=O)O. The van der Waals surface area contributed by atoms with Gasteiger partial charge in [0.05, 0.1) is 17.3 Å². The van der Waals surface area contributed by atoms with E-state index < -0.39 is 5.97 Å². The number of rotatable bonds is 3. The molecule has 19 heavy (non-hydrogen) atoms. The van der Waals surface area contributed by atoms with Crippen LogP contribution in [0.15, 0.2) is 24.3 Å². The van der Waals surface area contributed by atoms with Gasteiger partial charge in [-0.2, -0.15) is 5.26 Å². The second kappa shape index (κ2) is 5.08.